The molecule has 43 heavy (non-hydrogen) atoms. The predicted octanol–water partition coefficient (Wildman–Crippen LogP) is 5.31. The zero-order valence-corrected chi connectivity index (χ0v) is 23.4. The summed E-state index contributed by atoms with van der Waals surface area (Å²) in [7, 11) is 0. The molecule has 2 aromatic heterocycles. The van der Waals surface area contributed by atoms with Crippen molar-refractivity contribution in [3.63, 3.8) is 0 Å². The van der Waals surface area contributed by atoms with Gasteiger partial charge in [-0.1, -0.05) is 23.2 Å². The van der Waals surface area contributed by atoms with Crippen LogP contribution in [-0.2, 0) is 21.9 Å². The number of benzene rings is 1. The Labute approximate surface area is 250 Å². The van der Waals surface area contributed by atoms with Crippen molar-refractivity contribution in [2.45, 2.75) is 44.4 Å². The summed E-state index contributed by atoms with van der Waals surface area (Å²) in [6, 6.07) is 4.21. The summed E-state index contributed by atoms with van der Waals surface area (Å²) in [6.45, 7) is 0.106. The minimum Gasteiger partial charge on any atom is -0.618 e. The van der Waals surface area contributed by atoms with Crippen molar-refractivity contribution < 1.29 is 45.6 Å². The fraction of sp³-hybridized carbons (Fsp3) is 0.385. The van der Waals surface area contributed by atoms with Crippen molar-refractivity contribution in [1.29, 1.82) is 5.26 Å². The maximum absolute atomic E-state index is 14.7. The Morgan fingerprint density at radius 2 is 2.00 bits per heavy atom. The van der Waals surface area contributed by atoms with E-state index in [-0.39, 0.29) is 45.7 Å². The first kappa shape index (κ1) is 32.2. The van der Waals surface area contributed by atoms with Gasteiger partial charge in [-0.25, -0.2) is 18.2 Å². The van der Waals surface area contributed by atoms with Crippen molar-refractivity contribution in [2.75, 3.05) is 19.8 Å². The van der Waals surface area contributed by atoms with Gasteiger partial charge in [-0.15, -0.1) is 0 Å². The third-order valence-electron chi connectivity index (χ3n) is 6.08. The van der Waals surface area contributed by atoms with Gasteiger partial charge in [0.1, 0.15) is 19.2 Å². The maximum atomic E-state index is 14.7. The van der Waals surface area contributed by atoms with E-state index in [1.165, 1.54) is 6.07 Å². The highest BCUT2D eigenvalue weighted by atomic mass is 35.5. The highest BCUT2D eigenvalue weighted by Crippen LogP contribution is 2.39. The number of nitrogens with zero attached hydrogens (tertiary/aromatic N) is 4. The minimum atomic E-state index is -5.01. The van der Waals surface area contributed by atoms with Crippen LogP contribution in [0.1, 0.15) is 36.2 Å². The van der Waals surface area contributed by atoms with E-state index in [9.17, 15) is 32.0 Å². The topological polar surface area (TPSA) is 123 Å². The number of halogens is 7. The van der Waals surface area contributed by atoms with E-state index in [2.05, 4.69) is 4.98 Å². The molecule has 1 fully saturated rings. The van der Waals surface area contributed by atoms with Crippen molar-refractivity contribution in [3.05, 3.63) is 79.1 Å². The molecular formula is C26H21Cl2F5N4O6. The fourth-order valence-corrected chi connectivity index (χ4v) is 4.38. The van der Waals surface area contributed by atoms with Crippen LogP contribution in [0.15, 0.2) is 35.5 Å². The lowest BCUT2D eigenvalue weighted by Crippen LogP contribution is -2.36. The van der Waals surface area contributed by atoms with Gasteiger partial charge in [0, 0.05) is 23.8 Å². The van der Waals surface area contributed by atoms with Crippen LogP contribution in [0.4, 0.5) is 22.0 Å². The third-order valence-corrected chi connectivity index (χ3v) is 6.60. The highest BCUT2D eigenvalue weighted by molar-refractivity contribution is 6.32. The summed E-state index contributed by atoms with van der Waals surface area (Å²) < 4.78 is 92.2. The number of hydrogen-bond donors (Lipinski definition) is 0. The van der Waals surface area contributed by atoms with E-state index < -0.39 is 53.0 Å². The molecule has 1 atom stereocenters. The monoisotopic (exact) mass is 650 g/mol. The molecule has 1 aliphatic heterocycles. The molecule has 0 radical (unpaired) electrons. The predicted molar refractivity (Wildman–Crippen MR) is 139 cm³/mol. The van der Waals surface area contributed by atoms with Gasteiger partial charge in [-0.05, 0) is 25.3 Å². The lowest BCUT2D eigenvalue weighted by Gasteiger charge is -2.22. The number of hydrogen-bond acceptors (Lipinski definition) is 8. The Morgan fingerprint density at radius 3 is 2.67 bits per heavy atom. The van der Waals surface area contributed by atoms with E-state index in [0.29, 0.717) is 17.5 Å². The Bertz CT molecular complexity index is 1580. The fourth-order valence-electron chi connectivity index (χ4n) is 3.95. The molecule has 0 bridgehead atoms. The Balaban J connectivity index is 1.61. The molecule has 0 aliphatic carbocycles. The van der Waals surface area contributed by atoms with Gasteiger partial charge in [0.05, 0.1) is 23.5 Å². The average Bonchev–Trinajstić information content (AvgIpc) is 2.97. The molecule has 230 valence electrons. The van der Waals surface area contributed by atoms with Crippen LogP contribution in [0.2, 0.25) is 10.0 Å². The highest BCUT2D eigenvalue weighted by Gasteiger charge is 2.48. The molecule has 0 amide bonds. The number of alkyl halides is 4. The van der Waals surface area contributed by atoms with Gasteiger partial charge >= 0.3 is 12.3 Å². The number of ether oxygens (including phenoxy) is 4. The maximum Gasteiger partial charge on any atom is 0.352 e. The molecule has 0 N–H and O–H groups in total. The van der Waals surface area contributed by atoms with Crippen LogP contribution in [-0.4, -0.2) is 42.1 Å². The average molecular weight is 651 g/mol. The molecular weight excluding hydrogens is 630 g/mol. The molecule has 0 spiro atoms. The Hall–Kier alpha value is -3.71. The van der Waals surface area contributed by atoms with Crippen molar-refractivity contribution in [3.8, 4) is 23.3 Å². The van der Waals surface area contributed by atoms with Crippen LogP contribution in [0.3, 0.4) is 0 Å². The number of nitriles is 1. The molecule has 17 heteroatoms. The molecule has 1 aliphatic rings. The summed E-state index contributed by atoms with van der Waals surface area (Å²) in [4.78, 5) is 16.5. The normalized spacial score (nSPS) is 15.4. The second kappa shape index (κ2) is 13.7. The van der Waals surface area contributed by atoms with Gasteiger partial charge in [-0.3, -0.25) is 9.36 Å². The van der Waals surface area contributed by atoms with Crippen LogP contribution < -0.4 is 19.8 Å². The molecule has 1 aromatic carbocycles. The molecule has 0 saturated carbocycles. The zero-order valence-electron chi connectivity index (χ0n) is 21.9. The number of pyridine rings is 1. The van der Waals surface area contributed by atoms with Gasteiger partial charge in [0.15, 0.2) is 23.6 Å². The first-order valence-corrected chi connectivity index (χ1v) is 13.3. The lowest BCUT2D eigenvalue weighted by molar-refractivity contribution is -0.614. The second-order valence-corrected chi connectivity index (χ2v) is 9.92. The Kier molecular flexibility index (Phi) is 10.3. The standard InChI is InChI=1S/C26H21Cl2F5N4O6/c27-15-7-14(10-34)21(29)18(8-15)43-22-23(26(32,33)25(30)31)35-13-36(24(22)38)11-16-9-17(28)19(12-37(16)39)40-5-6-42-20-3-1-2-4-41-20/h7-9,12-13,20,25H,1-6,11H2. The van der Waals surface area contributed by atoms with E-state index >= 15 is 0 Å². The van der Waals surface area contributed by atoms with Gasteiger partial charge in [0.2, 0.25) is 23.4 Å². The number of aromatic nitrogens is 3. The van der Waals surface area contributed by atoms with Crippen molar-refractivity contribution >= 4 is 23.2 Å². The molecule has 1 unspecified atom stereocenters. The SMILES string of the molecule is N#Cc1cc(Cl)cc(Oc2c(C(F)(F)C(F)F)ncn(Cc3cc(Cl)c(OCCOC4CCCCO4)c[n+]3[O-])c2=O)c1F. The van der Waals surface area contributed by atoms with Crippen LogP contribution >= 0.6 is 23.2 Å². The van der Waals surface area contributed by atoms with E-state index in [1.54, 1.807) is 0 Å². The van der Waals surface area contributed by atoms with Crippen LogP contribution in [0, 0.1) is 22.4 Å². The summed E-state index contributed by atoms with van der Waals surface area (Å²) in [5, 5.41) is 21.4. The van der Waals surface area contributed by atoms with E-state index in [0.717, 1.165) is 43.7 Å². The summed E-state index contributed by atoms with van der Waals surface area (Å²) >= 11 is 12.0. The first-order valence-electron chi connectivity index (χ1n) is 12.5. The molecule has 3 aromatic rings. The summed E-state index contributed by atoms with van der Waals surface area (Å²) in [6.07, 6.45) is -0.573. The van der Waals surface area contributed by atoms with E-state index in [1.807, 2.05) is 0 Å². The quantitative estimate of drug-likeness (QED) is 0.118. The number of rotatable bonds is 11. The largest absolute Gasteiger partial charge is 0.618 e. The third kappa shape index (κ3) is 7.45. The summed E-state index contributed by atoms with van der Waals surface area (Å²) in [5.74, 6) is -8.89. The molecule has 10 nitrogen and oxygen atoms in total. The Morgan fingerprint density at radius 1 is 1.23 bits per heavy atom. The van der Waals surface area contributed by atoms with Crippen molar-refractivity contribution in [2.24, 2.45) is 0 Å². The van der Waals surface area contributed by atoms with E-state index in [4.69, 9.17) is 47.4 Å². The lowest BCUT2D eigenvalue weighted by atomic mass is 10.2. The van der Waals surface area contributed by atoms with Gasteiger partial charge < -0.3 is 24.2 Å². The molecule has 3 heterocycles. The van der Waals surface area contributed by atoms with Gasteiger partial charge in [-0.2, -0.15) is 18.8 Å². The van der Waals surface area contributed by atoms with Crippen molar-refractivity contribution in [1.82, 2.24) is 9.55 Å². The zero-order chi connectivity index (χ0) is 31.3. The minimum absolute atomic E-state index is 0.0242. The molecule has 1 saturated heterocycles. The van der Waals surface area contributed by atoms with Crippen LogP contribution in [0.25, 0.3) is 0 Å². The van der Waals surface area contributed by atoms with Gasteiger partial charge in [0.25, 0.3) is 5.56 Å². The second-order valence-electron chi connectivity index (χ2n) is 9.08. The molecule has 4 rings (SSSR count). The summed E-state index contributed by atoms with van der Waals surface area (Å²) in [5.41, 5.74) is -4.18. The first-order chi connectivity index (χ1) is 20.4. The smallest absolute Gasteiger partial charge is 0.352 e. The van der Waals surface area contributed by atoms with Crippen LogP contribution in [0.5, 0.6) is 17.2 Å².